The second kappa shape index (κ2) is 19.8. The number of hydrogen-bond donors (Lipinski definition) is 4. The van der Waals surface area contributed by atoms with Crippen molar-refractivity contribution in [3.8, 4) is 0 Å². The molecule has 0 aliphatic heterocycles. The fraction of sp³-hybridized carbons (Fsp3) is 0.826. The molecule has 180 valence electrons. The minimum atomic E-state index is -0.784. The lowest BCUT2D eigenvalue weighted by atomic mass is 10.0. The predicted molar refractivity (Wildman–Crippen MR) is 120 cm³/mol. The molecule has 2 amide bonds. The number of aliphatic carboxylic acids is 2. The molecular formula is C23H42N2O6. The van der Waals surface area contributed by atoms with Crippen LogP contribution in [0.5, 0.6) is 0 Å². The number of carboxylic acid groups (broad SMARTS) is 2. The van der Waals surface area contributed by atoms with Gasteiger partial charge in [-0.1, -0.05) is 51.9 Å². The van der Waals surface area contributed by atoms with Gasteiger partial charge in [0.15, 0.2) is 0 Å². The van der Waals surface area contributed by atoms with Crippen LogP contribution in [0.3, 0.4) is 0 Å². The van der Waals surface area contributed by atoms with E-state index in [1.54, 1.807) is 6.92 Å². The molecular weight excluding hydrogens is 400 g/mol. The summed E-state index contributed by atoms with van der Waals surface area (Å²) in [6.07, 6.45) is 12.0. The molecule has 0 bridgehead atoms. The van der Waals surface area contributed by atoms with E-state index in [1.807, 2.05) is 0 Å². The zero-order valence-electron chi connectivity index (χ0n) is 19.1. The van der Waals surface area contributed by atoms with E-state index in [-0.39, 0.29) is 24.2 Å². The summed E-state index contributed by atoms with van der Waals surface area (Å²) in [4.78, 5) is 44.6. The predicted octanol–water partition coefficient (Wildman–Crippen LogP) is 3.88. The van der Waals surface area contributed by atoms with Crippen LogP contribution >= 0.6 is 0 Å². The number of hydrogen-bond acceptors (Lipinski definition) is 4. The number of carbonyl (C=O) groups is 4. The van der Waals surface area contributed by atoms with Gasteiger partial charge < -0.3 is 20.8 Å². The molecule has 0 saturated heterocycles. The van der Waals surface area contributed by atoms with Crippen molar-refractivity contribution in [1.29, 1.82) is 0 Å². The van der Waals surface area contributed by atoms with E-state index in [0.717, 1.165) is 64.2 Å². The van der Waals surface area contributed by atoms with Crippen molar-refractivity contribution in [2.45, 2.75) is 103 Å². The van der Waals surface area contributed by atoms with Gasteiger partial charge in [-0.15, -0.1) is 0 Å². The number of rotatable bonds is 21. The van der Waals surface area contributed by atoms with Crippen molar-refractivity contribution in [3.05, 3.63) is 0 Å². The Bertz CT molecular complexity index is 524. The van der Waals surface area contributed by atoms with Crippen LogP contribution in [0, 0.1) is 5.92 Å². The van der Waals surface area contributed by atoms with E-state index in [4.69, 9.17) is 10.2 Å². The number of carboxylic acids is 2. The standard InChI is InChI=1S/C23H42N2O6/c1-19(23(30)31)13-10-11-17-24-21(27)15-12-18-25-20(26)14-8-6-4-2-3-5-7-9-16-22(28)29/h19H,2-18H2,1H3,(H,24,27)(H,25,26)(H,28,29)(H,30,31)/t19-/m0/s1. The first-order chi connectivity index (χ1) is 14.8. The summed E-state index contributed by atoms with van der Waals surface area (Å²) < 4.78 is 0. The van der Waals surface area contributed by atoms with Crippen molar-refractivity contribution in [2.24, 2.45) is 5.92 Å². The van der Waals surface area contributed by atoms with Gasteiger partial charge in [-0.25, -0.2) is 0 Å². The van der Waals surface area contributed by atoms with Gasteiger partial charge in [-0.2, -0.15) is 0 Å². The average molecular weight is 443 g/mol. The Morgan fingerprint density at radius 3 is 1.58 bits per heavy atom. The van der Waals surface area contributed by atoms with Gasteiger partial charge >= 0.3 is 11.9 Å². The second-order valence-corrected chi connectivity index (χ2v) is 8.26. The van der Waals surface area contributed by atoms with Crippen molar-refractivity contribution >= 4 is 23.8 Å². The van der Waals surface area contributed by atoms with Crippen LogP contribution in [-0.2, 0) is 19.2 Å². The van der Waals surface area contributed by atoms with Crippen molar-refractivity contribution < 1.29 is 29.4 Å². The molecule has 4 N–H and O–H groups in total. The van der Waals surface area contributed by atoms with Gasteiger partial charge in [0.1, 0.15) is 0 Å². The van der Waals surface area contributed by atoms with Crippen LogP contribution in [-0.4, -0.2) is 47.1 Å². The molecule has 8 heteroatoms. The summed E-state index contributed by atoms with van der Waals surface area (Å²) in [5, 5.41) is 23.0. The van der Waals surface area contributed by atoms with Crippen molar-refractivity contribution in [2.75, 3.05) is 13.1 Å². The highest BCUT2D eigenvalue weighted by molar-refractivity contribution is 5.77. The fourth-order valence-electron chi connectivity index (χ4n) is 3.20. The molecule has 0 aromatic heterocycles. The lowest BCUT2D eigenvalue weighted by Crippen LogP contribution is -2.27. The molecule has 1 atom stereocenters. The molecule has 0 saturated carbocycles. The Morgan fingerprint density at radius 1 is 0.613 bits per heavy atom. The maximum Gasteiger partial charge on any atom is 0.306 e. The molecule has 0 aromatic carbocycles. The van der Waals surface area contributed by atoms with Crippen LogP contribution in [0.15, 0.2) is 0 Å². The molecule has 31 heavy (non-hydrogen) atoms. The largest absolute Gasteiger partial charge is 0.481 e. The van der Waals surface area contributed by atoms with E-state index in [9.17, 15) is 19.2 Å². The van der Waals surface area contributed by atoms with Gasteiger partial charge in [-0.05, 0) is 32.1 Å². The van der Waals surface area contributed by atoms with E-state index in [2.05, 4.69) is 10.6 Å². The average Bonchev–Trinajstić information content (AvgIpc) is 2.71. The summed E-state index contributed by atoms with van der Waals surface area (Å²) in [6, 6.07) is 0. The molecule has 0 aromatic rings. The van der Waals surface area contributed by atoms with Crippen LogP contribution < -0.4 is 10.6 Å². The first-order valence-corrected chi connectivity index (χ1v) is 11.8. The minimum Gasteiger partial charge on any atom is -0.481 e. The number of amides is 2. The van der Waals surface area contributed by atoms with E-state index >= 15 is 0 Å². The molecule has 0 aliphatic carbocycles. The quantitative estimate of drug-likeness (QED) is 0.199. The summed E-state index contributed by atoms with van der Waals surface area (Å²) in [6.45, 7) is 2.74. The normalized spacial score (nSPS) is 11.6. The highest BCUT2D eigenvalue weighted by atomic mass is 16.4. The summed E-state index contributed by atoms with van der Waals surface area (Å²) in [7, 11) is 0. The van der Waals surface area contributed by atoms with Gasteiger partial charge in [0, 0.05) is 32.4 Å². The monoisotopic (exact) mass is 442 g/mol. The third kappa shape index (κ3) is 20.9. The lowest BCUT2D eigenvalue weighted by molar-refractivity contribution is -0.141. The van der Waals surface area contributed by atoms with Crippen LogP contribution in [0.25, 0.3) is 0 Å². The van der Waals surface area contributed by atoms with Crippen molar-refractivity contribution in [1.82, 2.24) is 10.6 Å². The Balaban J connectivity index is 3.39. The Labute approximate surface area is 186 Å². The molecule has 8 nitrogen and oxygen atoms in total. The van der Waals surface area contributed by atoms with E-state index in [1.165, 1.54) is 0 Å². The molecule has 0 spiro atoms. The number of unbranched alkanes of at least 4 members (excludes halogenated alkanes) is 8. The Hall–Kier alpha value is -2.12. The first kappa shape index (κ1) is 28.9. The van der Waals surface area contributed by atoms with Crippen LogP contribution in [0.2, 0.25) is 0 Å². The smallest absolute Gasteiger partial charge is 0.306 e. The number of carbonyl (C=O) groups excluding carboxylic acids is 2. The third-order valence-electron chi connectivity index (χ3n) is 5.25. The summed E-state index contributed by atoms with van der Waals surface area (Å²) >= 11 is 0. The Morgan fingerprint density at radius 2 is 1.06 bits per heavy atom. The molecule has 0 unspecified atom stereocenters. The molecule has 0 fully saturated rings. The number of nitrogens with one attached hydrogen (secondary N) is 2. The molecule has 0 radical (unpaired) electrons. The summed E-state index contributed by atoms with van der Waals surface area (Å²) in [5.41, 5.74) is 0. The SMILES string of the molecule is C[C@@H](CCCCNC(=O)CCCNC(=O)CCCCCCCCCCC(=O)O)C(=O)O. The van der Waals surface area contributed by atoms with Crippen LogP contribution in [0.4, 0.5) is 0 Å². The fourth-order valence-corrected chi connectivity index (χ4v) is 3.20. The highest BCUT2D eigenvalue weighted by Gasteiger charge is 2.09. The van der Waals surface area contributed by atoms with E-state index in [0.29, 0.717) is 38.8 Å². The zero-order valence-corrected chi connectivity index (χ0v) is 19.1. The lowest BCUT2D eigenvalue weighted by Gasteiger charge is -2.08. The van der Waals surface area contributed by atoms with E-state index < -0.39 is 11.9 Å². The maximum absolute atomic E-state index is 11.8. The van der Waals surface area contributed by atoms with Gasteiger partial charge in [0.05, 0.1) is 5.92 Å². The Kier molecular flexibility index (Phi) is 18.5. The van der Waals surface area contributed by atoms with Gasteiger partial charge in [0.25, 0.3) is 0 Å². The second-order valence-electron chi connectivity index (χ2n) is 8.26. The van der Waals surface area contributed by atoms with Crippen LogP contribution in [0.1, 0.15) is 103 Å². The van der Waals surface area contributed by atoms with Gasteiger partial charge in [0.2, 0.25) is 11.8 Å². The topological polar surface area (TPSA) is 133 Å². The zero-order chi connectivity index (χ0) is 23.3. The van der Waals surface area contributed by atoms with Gasteiger partial charge in [-0.3, -0.25) is 19.2 Å². The maximum atomic E-state index is 11.8. The van der Waals surface area contributed by atoms with Crippen molar-refractivity contribution in [3.63, 3.8) is 0 Å². The molecule has 0 aliphatic rings. The first-order valence-electron chi connectivity index (χ1n) is 11.8. The third-order valence-corrected chi connectivity index (χ3v) is 5.25. The minimum absolute atomic E-state index is 0.0293. The molecule has 0 heterocycles. The summed E-state index contributed by atoms with van der Waals surface area (Å²) in [5.74, 6) is -1.86. The highest BCUT2D eigenvalue weighted by Crippen LogP contribution is 2.10. The molecule has 0 rings (SSSR count).